The van der Waals surface area contributed by atoms with Crippen molar-refractivity contribution in [2.75, 3.05) is 13.1 Å². The van der Waals surface area contributed by atoms with Gasteiger partial charge in [0.15, 0.2) is 0 Å². The highest BCUT2D eigenvalue weighted by atomic mass is 16.5. The van der Waals surface area contributed by atoms with Gasteiger partial charge in [0.05, 0.1) is 6.04 Å². The van der Waals surface area contributed by atoms with E-state index in [1.807, 2.05) is 0 Å². The summed E-state index contributed by atoms with van der Waals surface area (Å²) in [6.07, 6.45) is 2.64. The molecule has 2 aromatic carbocycles. The van der Waals surface area contributed by atoms with Crippen LogP contribution in [0.1, 0.15) is 55.8 Å². The molecule has 0 aliphatic carbocycles. The number of ether oxygens (including phenoxy) is 1. The highest BCUT2D eigenvalue weighted by Crippen LogP contribution is 2.40. The second kappa shape index (κ2) is 8.19. The maximum Gasteiger partial charge on any atom is 0.223 e. The molecule has 0 bridgehead atoms. The molecule has 1 fully saturated rings. The topological polar surface area (TPSA) is 41.6 Å². The normalized spacial score (nSPS) is 21.8. The SMILES string of the molecule is Cc1ccc2c(c1)OC(C)(C)CC2NC(=O)C1CCN(Cc2ccccc2)CC1. The molecular weight excluding hydrogens is 360 g/mol. The Morgan fingerprint density at radius 2 is 1.86 bits per heavy atom. The molecule has 2 aliphatic rings. The lowest BCUT2D eigenvalue weighted by molar-refractivity contribution is -0.127. The van der Waals surface area contributed by atoms with Crippen LogP contribution in [0.15, 0.2) is 48.5 Å². The first-order valence-corrected chi connectivity index (χ1v) is 10.8. The average molecular weight is 393 g/mol. The van der Waals surface area contributed by atoms with Crippen molar-refractivity contribution in [1.29, 1.82) is 0 Å². The monoisotopic (exact) mass is 392 g/mol. The number of carbonyl (C=O) groups is 1. The number of likely N-dealkylation sites (tertiary alicyclic amines) is 1. The Kier molecular flexibility index (Phi) is 5.64. The predicted octanol–water partition coefficient (Wildman–Crippen LogP) is 4.63. The molecule has 29 heavy (non-hydrogen) atoms. The van der Waals surface area contributed by atoms with Crippen LogP contribution in [0.25, 0.3) is 0 Å². The smallest absolute Gasteiger partial charge is 0.223 e. The number of benzene rings is 2. The highest BCUT2D eigenvalue weighted by molar-refractivity contribution is 5.79. The molecule has 1 saturated heterocycles. The van der Waals surface area contributed by atoms with Crippen LogP contribution >= 0.6 is 0 Å². The minimum absolute atomic E-state index is 0.0178. The van der Waals surface area contributed by atoms with E-state index in [-0.39, 0.29) is 23.5 Å². The van der Waals surface area contributed by atoms with Crippen LogP contribution in [0.4, 0.5) is 0 Å². The molecule has 0 aromatic heterocycles. The third-order valence-corrected chi connectivity index (χ3v) is 6.15. The van der Waals surface area contributed by atoms with E-state index in [9.17, 15) is 4.79 Å². The second-order valence-electron chi connectivity index (χ2n) is 9.20. The van der Waals surface area contributed by atoms with Crippen LogP contribution in [-0.4, -0.2) is 29.5 Å². The molecule has 1 atom stereocenters. The molecule has 0 radical (unpaired) electrons. The minimum Gasteiger partial charge on any atom is -0.487 e. The van der Waals surface area contributed by atoms with Gasteiger partial charge in [-0.2, -0.15) is 0 Å². The summed E-state index contributed by atoms with van der Waals surface area (Å²) in [5.74, 6) is 1.20. The molecule has 2 aliphatic heterocycles. The molecule has 1 N–H and O–H groups in total. The van der Waals surface area contributed by atoms with Crippen LogP contribution in [0, 0.1) is 12.8 Å². The van der Waals surface area contributed by atoms with Crippen LogP contribution in [0.2, 0.25) is 0 Å². The van der Waals surface area contributed by atoms with Crippen molar-refractivity contribution in [3.8, 4) is 5.75 Å². The number of rotatable bonds is 4. The quantitative estimate of drug-likeness (QED) is 0.825. The summed E-state index contributed by atoms with van der Waals surface area (Å²) in [4.78, 5) is 15.5. The van der Waals surface area contributed by atoms with Gasteiger partial charge in [-0.15, -0.1) is 0 Å². The van der Waals surface area contributed by atoms with E-state index in [1.165, 1.54) is 11.1 Å². The minimum atomic E-state index is -0.280. The van der Waals surface area contributed by atoms with Crippen molar-refractivity contribution in [3.63, 3.8) is 0 Å². The largest absolute Gasteiger partial charge is 0.487 e. The fourth-order valence-electron chi connectivity index (χ4n) is 4.57. The molecule has 2 heterocycles. The van der Waals surface area contributed by atoms with Crippen LogP contribution < -0.4 is 10.1 Å². The van der Waals surface area contributed by atoms with E-state index in [0.29, 0.717) is 0 Å². The Hall–Kier alpha value is -2.33. The summed E-state index contributed by atoms with van der Waals surface area (Å²) >= 11 is 0. The number of nitrogens with one attached hydrogen (secondary N) is 1. The number of fused-ring (bicyclic) bond motifs is 1. The first-order chi connectivity index (χ1) is 13.9. The fourth-order valence-corrected chi connectivity index (χ4v) is 4.57. The van der Waals surface area contributed by atoms with Gasteiger partial charge in [-0.05, 0) is 63.9 Å². The zero-order chi connectivity index (χ0) is 20.4. The lowest BCUT2D eigenvalue weighted by Crippen LogP contribution is -2.45. The summed E-state index contributed by atoms with van der Waals surface area (Å²) in [7, 11) is 0. The Morgan fingerprint density at radius 3 is 2.59 bits per heavy atom. The number of hydrogen-bond donors (Lipinski definition) is 1. The number of piperidine rings is 1. The number of carbonyl (C=O) groups excluding carboxylic acids is 1. The number of aryl methyl sites for hydroxylation is 1. The van der Waals surface area contributed by atoms with E-state index >= 15 is 0 Å². The summed E-state index contributed by atoms with van der Waals surface area (Å²) in [6.45, 7) is 9.18. The third kappa shape index (κ3) is 4.81. The standard InChI is InChI=1S/C25H32N2O2/c1-18-9-10-21-22(16-25(2,3)29-23(21)15-18)26-24(28)20-11-13-27(14-12-20)17-19-7-5-4-6-8-19/h4-10,15,20,22H,11-14,16-17H2,1-3H3,(H,26,28). The molecule has 4 heteroatoms. The Balaban J connectivity index is 1.36. The van der Waals surface area contributed by atoms with Crippen LogP contribution in [0.5, 0.6) is 5.75 Å². The van der Waals surface area contributed by atoms with Gasteiger partial charge in [-0.1, -0.05) is 42.5 Å². The van der Waals surface area contributed by atoms with Crippen molar-refractivity contribution in [2.24, 2.45) is 5.92 Å². The Labute approximate surface area is 174 Å². The Morgan fingerprint density at radius 1 is 1.14 bits per heavy atom. The van der Waals surface area contributed by atoms with Gasteiger partial charge in [-0.3, -0.25) is 9.69 Å². The van der Waals surface area contributed by atoms with Gasteiger partial charge in [-0.25, -0.2) is 0 Å². The summed E-state index contributed by atoms with van der Waals surface area (Å²) < 4.78 is 6.17. The van der Waals surface area contributed by atoms with Crippen molar-refractivity contribution < 1.29 is 9.53 Å². The lowest BCUT2D eigenvalue weighted by atomic mass is 9.88. The maximum atomic E-state index is 13.0. The molecule has 1 amide bonds. The summed E-state index contributed by atoms with van der Waals surface area (Å²) in [6, 6.07) is 16.9. The van der Waals surface area contributed by atoms with Crippen molar-refractivity contribution in [2.45, 2.75) is 58.2 Å². The van der Waals surface area contributed by atoms with E-state index in [0.717, 1.165) is 50.2 Å². The highest BCUT2D eigenvalue weighted by Gasteiger charge is 2.36. The number of amides is 1. The molecule has 0 saturated carbocycles. The molecule has 154 valence electrons. The first kappa shape index (κ1) is 20.0. The molecule has 1 unspecified atom stereocenters. The Bertz CT molecular complexity index is 854. The van der Waals surface area contributed by atoms with Gasteiger partial charge >= 0.3 is 0 Å². The van der Waals surface area contributed by atoms with E-state index in [2.05, 4.69) is 79.5 Å². The molecule has 2 aromatic rings. The zero-order valence-corrected chi connectivity index (χ0v) is 17.8. The molecular formula is C25H32N2O2. The van der Waals surface area contributed by atoms with Crippen LogP contribution in [0.3, 0.4) is 0 Å². The van der Waals surface area contributed by atoms with E-state index < -0.39 is 0 Å². The predicted molar refractivity (Wildman–Crippen MR) is 116 cm³/mol. The van der Waals surface area contributed by atoms with Crippen molar-refractivity contribution >= 4 is 5.91 Å². The number of hydrogen-bond acceptors (Lipinski definition) is 3. The maximum absolute atomic E-state index is 13.0. The molecule has 0 spiro atoms. The lowest BCUT2D eigenvalue weighted by Gasteiger charge is -2.39. The van der Waals surface area contributed by atoms with Gasteiger partial charge in [0.2, 0.25) is 5.91 Å². The molecule has 4 rings (SSSR count). The van der Waals surface area contributed by atoms with Crippen molar-refractivity contribution in [1.82, 2.24) is 10.2 Å². The summed E-state index contributed by atoms with van der Waals surface area (Å²) in [5.41, 5.74) is 3.34. The van der Waals surface area contributed by atoms with Gasteiger partial charge in [0.1, 0.15) is 11.4 Å². The number of nitrogens with zero attached hydrogens (tertiary/aromatic N) is 1. The van der Waals surface area contributed by atoms with E-state index in [1.54, 1.807) is 0 Å². The third-order valence-electron chi connectivity index (χ3n) is 6.15. The van der Waals surface area contributed by atoms with E-state index in [4.69, 9.17) is 4.74 Å². The van der Waals surface area contributed by atoms with Crippen molar-refractivity contribution in [3.05, 3.63) is 65.2 Å². The summed E-state index contributed by atoms with van der Waals surface area (Å²) in [5, 5.41) is 3.35. The molecule has 4 nitrogen and oxygen atoms in total. The van der Waals surface area contributed by atoms with Crippen LogP contribution in [-0.2, 0) is 11.3 Å². The first-order valence-electron chi connectivity index (χ1n) is 10.8. The second-order valence-corrected chi connectivity index (χ2v) is 9.20. The zero-order valence-electron chi connectivity index (χ0n) is 17.8. The average Bonchev–Trinajstić information content (AvgIpc) is 2.68. The van der Waals surface area contributed by atoms with Gasteiger partial charge in [0.25, 0.3) is 0 Å². The fraction of sp³-hybridized carbons (Fsp3) is 0.480. The van der Waals surface area contributed by atoms with Gasteiger partial charge < -0.3 is 10.1 Å². The van der Waals surface area contributed by atoms with Gasteiger partial charge in [0, 0.05) is 24.4 Å².